The second-order valence-corrected chi connectivity index (χ2v) is 5.00. The van der Waals surface area contributed by atoms with Crippen LogP contribution in [-0.2, 0) is 0 Å². The maximum atomic E-state index is 11.0. The van der Waals surface area contributed by atoms with E-state index in [1.807, 2.05) is 23.8 Å². The van der Waals surface area contributed by atoms with Gasteiger partial charge in [-0.3, -0.25) is 10.1 Å². The number of thiophene rings is 1. The van der Waals surface area contributed by atoms with Gasteiger partial charge in [-0.15, -0.1) is 0 Å². The van der Waals surface area contributed by atoms with E-state index in [-0.39, 0.29) is 11.7 Å². The minimum Gasteiger partial charge on any atom is -0.372 e. The highest BCUT2D eigenvalue weighted by Crippen LogP contribution is 2.34. The highest BCUT2D eigenvalue weighted by Gasteiger charge is 2.18. The summed E-state index contributed by atoms with van der Waals surface area (Å²) in [5.41, 5.74) is 1.43. The molecule has 1 aromatic carbocycles. The quantitative estimate of drug-likeness (QED) is 0.664. The van der Waals surface area contributed by atoms with E-state index in [1.54, 1.807) is 23.5 Å². The molecule has 1 atom stereocenters. The second kappa shape index (κ2) is 5.37. The van der Waals surface area contributed by atoms with Crippen LogP contribution in [0, 0.1) is 10.1 Å². The van der Waals surface area contributed by atoms with Crippen LogP contribution in [0.4, 0.5) is 11.4 Å². The highest BCUT2D eigenvalue weighted by molar-refractivity contribution is 7.08. The average molecular weight is 283 g/mol. The monoisotopic (exact) mass is 282 g/mol. The lowest BCUT2D eigenvalue weighted by Crippen LogP contribution is -2.08. The van der Waals surface area contributed by atoms with Crippen molar-refractivity contribution in [3.63, 3.8) is 0 Å². The van der Waals surface area contributed by atoms with Gasteiger partial charge in [-0.05, 0) is 35.4 Å². The fraction of sp³-hybridized carbons (Fsp3) is 0.167. The normalized spacial score (nSPS) is 12.1. The zero-order valence-corrected chi connectivity index (χ0v) is 11.2. The number of nitro benzene ring substituents is 1. The highest BCUT2D eigenvalue weighted by atomic mass is 35.5. The molecule has 2 aromatic rings. The van der Waals surface area contributed by atoms with Crippen molar-refractivity contribution in [2.45, 2.75) is 13.0 Å². The molecule has 0 fully saturated rings. The topological polar surface area (TPSA) is 55.2 Å². The smallest absolute Gasteiger partial charge is 0.293 e. The van der Waals surface area contributed by atoms with E-state index in [1.165, 1.54) is 6.07 Å². The van der Waals surface area contributed by atoms with E-state index in [0.717, 1.165) is 5.56 Å². The lowest BCUT2D eigenvalue weighted by atomic mass is 10.1. The SMILES string of the molecule is CC(Nc1c(Cl)cccc1[N+](=O)[O-])c1ccsc1. The Labute approximate surface area is 113 Å². The summed E-state index contributed by atoms with van der Waals surface area (Å²) in [4.78, 5) is 10.5. The zero-order chi connectivity index (χ0) is 13.1. The fourth-order valence-corrected chi connectivity index (χ4v) is 2.61. The standard InChI is InChI=1S/C12H11ClN2O2S/c1-8(9-5-6-18-7-9)14-12-10(13)3-2-4-11(12)15(16)17/h2-8,14H,1H3. The number of hydrogen-bond donors (Lipinski definition) is 1. The summed E-state index contributed by atoms with van der Waals surface area (Å²) in [5, 5.41) is 18.4. The van der Waals surface area contributed by atoms with Crippen LogP contribution in [0.3, 0.4) is 0 Å². The largest absolute Gasteiger partial charge is 0.372 e. The Morgan fingerprint density at radius 2 is 2.22 bits per heavy atom. The van der Waals surface area contributed by atoms with Gasteiger partial charge in [0.2, 0.25) is 0 Å². The summed E-state index contributed by atoms with van der Waals surface area (Å²) in [6, 6.07) is 6.59. The first-order valence-electron chi connectivity index (χ1n) is 5.31. The van der Waals surface area contributed by atoms with Crippen molar-refractivity contribution < 1.29 is 4.92 Å². The van der Waals surface area contributed by atoms with E-state index in [0.29, 0.717) is 10.7 Å². The first-order chi connectivity index (χ1) is 8.59. The fourth-order valence-electron chi connectivity index (χ4n) is 1.63. The zero-order valence-electron chi connectivity index (χ0n) is 9.59. The average Bonchev–Trinajstić information content (AvgIpc) is 2.85. The Balaban J connectivity index is 2.31. The molecule has 0 saturated carbocycles. The van der Waals surface area contributed by atoms with Crippen LogP contribution in [0.25, 0.3) is 0 Å². The number of nitrogens with zero attached hydrogens (tertiary/aromatic N) is 1. The van der Waals surface area contributed by atoms with Gasteiger partial charge in [-0.2, -0.15) is 11.3 Å². The Morgan fingerprint density at radius 3 is 2.83 bits per heavy atom. The third kappa shape index (κ3) is 2.63. The molecule has 0 aliphatic rings. The molecule has 0 radical (unpaired) electrons. The Kier molecular flexibility index (Phi) is 3.84. The summed E-state index contributed by atoms with van der Waals surface area (Å²) in [6.07, 6.45) is 0. The summed E-state index contributed by atoms with van der Waals surface area (Å²) >= 11 is 7.60. The maximum Gasteiger partial charge on any atom is 0.293 e. The predicted molar refractivity (Wildman–Crippen MR) is 74.5 cm³/mol. The van der Waals surface area contributed by atoms with Crippen molar-refractivity contribution >= 4 is 34.3 Å². The molecular weight excluding hydrogens is 272 g/mol. The molecule has 0 spiro atoms. The molecule has 0 bridgehead atoms. The number of para-hydroxylation sites is 1. The van der Waals surface area contributed by atoms with Gasteiger partial charge in [0.1, 0.15) is 5.69 Å². The third-order valence-electron chi connectivity index (χ3n) is 2.59. The van der Waals surface area contributed by atoms with Gasteiger partial charge in [0, 0.05) is 12.1 Å². The van der Waals surface area contributed by atoms with Crippen molar-refractivity contribution in [3.05, 3.63) is 55.7 Å². The minimum atomic E-state index is -0.436. The first kappa shape index (κ1) is 12.9. The van der Waals surface area contributed by atoms with Gasteiger partial charge in [-0.1, -0.05) is 17.7 Å². The molecule has 94 valence electrons. The Hall–Kier alpha value is -1.59. The molecule has 1 N–H and O–H groups in total. The number of hydrogen-bond acceptors (Lipinski definition) is 4. The van der Waals surface area contributed by atoms with Crippen LogP contribution in [0.5, 0.6) is 0 Å². The van der Waals surface area contributed by atoms with Crippen molar-refractivity contribution in [2.75, 3.05) is 5.32 Å². The van der Waals surface area contributed by atoms with Crippen molar-refractivity contribution in [3.8, 4) is 0 Å². The molecule has 6 heteroatoms. The minimum absolute atomic E-state index is 0.00965. The van der Waals surface area contributed by atoms with Crippen LogP contribution in [0.2, 0.25) is 5.02 Å². The molecule has 1 heterocycles. The van der Waals surface area contributed by atoms with E-state index >= 15 is 0 Å². The maximum absolute atomic E-state index is 11.0. The van der Waals surface area contributed by atoms with Gasteiger partial charge in [0.25, 0.3) is 5.69 Å². The summed E-state index contributed by atoms with van der Waals surface area (Å²) in [7, 11) is 0. The van der Waals surface area contributed by atoms with Crippen molar-refractivity contribution in [1.29, 1.82) is 0 Å². The number of nitro groups is 1. The summed E-state index contributed by atoms with van der Waals surface area (Å²) in [6.45, 7) is 1.94. The number of halogens is 1. The summed E-state index contributed by atoms with van der Waals surface area (Å²) < 4.78 is 0. The van der Waals surface area contributed by atoms with Gasteiger partial charge in [0.15, 0.2) is 0 Å². The van der Waals surface area contributed by atoms with Crippen LogP contribution in [0.15, 0.2) is 35.0 Å². The third-order valence-corrected chi connectivity index (χ3v) is 3.61. The lowest BCUT2D eigenvalue weighted by Gasteiger charge is -2.15. The number of rotatable bonds is 4. The Morgan fingerprint density at radius 1 is 1.44 bits per heavy atom. The van der Waals surface area contributed by atoms with Crippen LogP contribution in [-0.4, -0.2) is 4.92 Å². The van der Waals surface area contributed by atoms with E-state index in [4.69, 9.17) is 11.6 Å². The molecule has 1 unspecified atom stereocenters. The molecule has 0 amide bonds. The lowest BCUT2D eigenvalue weighted by molar-refractivity contribution is -0.384. The van der Waals surface area contributed by atoms with Crippen molar-refractivity contribution in [1.82, 2.24) is 0 Å². The number of anilines is 1. The molecule has 1 aromatic heterocycles. The Bertz CT molecular complexity index is 557. The predicted octanol–water partition coefficient (Wildman–Crippen LogP) is 4.48. The van der Waals surface area contributed by atoms with E-state index < -0.39 is 4.92 Å². The van der Waals surface area contributed by atoms with Gasteiger partial charge in [-0.25, -0.2) is 0 Å². The van der Waals surface area contributed by atoms with Gasteiger partial charge >= 0.3 is 0 Å². The molecule has 0 aliphatic carbocycles. The first-order valence-corrected chi connectivity index (χ1v) is 6.63. The van der Waals surface area contributed by atoms with Crippen molar-refractivity contribution in [2.24, 2.45) is 0 Å². The molecule has 2 rings (SSSR count). The molecule has 18 heavy (non-hydrogen) atoms. The van der Waals surface area contributed by atoms with Crippen LogP contribution in [0.1, 0.15) is 18.5 Å². The van der Waals surface area contributed by atoms with Crippen LogP contribution < -0.4 is 5.32 Å². The van der Waals surface area contributed by atoms with Gasteiger partial charge in [0.05, 0.1) is 9.95 Å². The number of benzene rings is 1. The van der Waals surface area contributed by atoms with Gasteiger partial charge < -0.3 is 5.32 Å². The molecule has 4 nitrogen and oxygen atoms in total. The number of nitrogens with one attached hydrogen (secondary N) is 1. The molecule has 0 aliphatic heterocycles. The second-order valence-electron chi connectivity index (χ2n) is 3.81. The van der Waals surface area contributed by atoms with Crippen LogP contribution >= 0.6 is 22.9 Å². The molecular formula is C12H11ClN2O2S. The molecule has 0 saturated heterocycles. The summed E-state index contributed by atoms with van der Waals surface area (Å²) in [5.74, 6) is 0. The van der Waals surface area contributed by atoms with E-state index in [2.05, 4.69) is 5.32 Å². The van der Waals surface area contributed by atoms with E-state index in [9.17, 15) is 10.1 Å².